The van der Waals surface area contributed by atoms with Gasteiger partial charge in [0.05, 0.1) is 0 Å². The molecule has 2 aliphatic heterocycles. The first kappa shape index (κ1) is 17.8. The Hall–Kier alpha value is -3.22. The SMILES string of the molecule is CN(Cc1ccc2c(c1)OCO2)C(=O)C1CCN(c2nc3ccccc3o2)CC1. The van der Waals surface area contributed by atoms with Crippen molar-refractivity contribution >= 4 is 23.0 Å². The normalized spacial score (nSPS) is 16.4. The number of piperidine rings is 1. The Balaban J connectivity index is 1.19. The first-order chi connectivity index (χ1) is 14.2. The highest BCUT2D eigenvalue weighted by atomic mass is 16.7. The van der Waals surface area contributed by atoms with Crippen molar-refractivity contribution in [2.75, 3.05) is 31.8 Å². The van der Waals surface area contributed by atoms with E-state index in [0.717, 1.165) is 54.1 Å². The zero-order chi connectivity index (χ0) is 19.8. The van der Waals surface area contributed by atoms with Gasteiger partial charge in [-0.2, -0.15) is 4.98 Å². The van der Waals surface area contributed by atoms with Gasteiger partial charge in [0.25, 0.3) is 6.01 Å². The molecular weight excluding hydrogens is 370 g/mol. The molecule has 3 heterocycles. The van der Waals surface area contributed by atoms with Gasteiger partial charge in [0, 0.05) is 32.6 Å². The van der Waals surface area contributed by atoms with Crippen molar-refractivity contribution in [2.45, 2.75) is 19.4 Å². The summed E-state index contributed by atoms with van der Waals surface area (Å²) in [5.41, 5.74) is 2.70. The number of anilines is 1. The van der Waals surface area contributed by atoms with Crippen molar-refractivity contribution in [3.05, 3.63) is 48.0 Å². The fraction of sp³-hybridized carbons (Fsp3) is 0.364. The smallest absolute Gasteiger partial charge is 0.298 e. The Morgan fingerprint density at radius 1 is 1.14 bits per heavy atom. The average Bonchev–Trinajstić information content (AvgIpc) is 3.39. The highest BCUT2D eigenvalue weighted by Gasteiger charge is 2.29. The second-order valence-corrected chi connectivity index (χ2v) is 7.61. The Labute approximate surface area is 168 Å². The molecule has 0 bridgehead atoms. The number of para-hydroxylation sites is 2. The van der Waals surface area contributed by atoms with Gasteiger partial charge in [-0.1, -0.05) is 18.2 Å². The highest BCUT2D eigenvalue weighted by Crippen LogP contribution is 2.33. The van der Waals surface area contributed by atoms with Crippen molar-refractivity contribution in [1.82, 2.24) is 9.88 Å². The monoisotopic (exact) mass is 393 g/mol. The zero-order valence-corrected chi connectivity index (χ0v) is 16.3. The third kappa shape index (κ3) is 3.48. The zero-order valence-electron chi connectivity index (χ0n) is 16.3. The molecule has 0 radical (unpaired) electrons. The van der Waals surface area contributed by atoms with Crippen LogP contribution in [0.3, 0.4) is 0 Å². The van der Waals surface area contributed by atoms with Crippen molar-refractivity contribution in [1.29, 1.82) is 0 Å². The number of carbonyl (C=O) groups excluding carboxylic acids is 1. The van der Waals surface area contributed by atoms with Gasteiger partial charge < -0.3 is 23.7 Å². The van der Waals surface area contributed by atoms with Crippen molar-refractivity contribution < 1.29 is 18.7 Å². The molecule has 150 valence electrons. The quantitative estimate of drug-likeness (QED) is 0.677. The summed E-state index contributed by atoms with van der Waals surface area (Å²) in [5, 5.41) is 0. The van der Waals surface area contributed by atoms with E-state index < -0.39 is 0 Å². The standard InChI is InChI=1S/C22H23N3O4/c1-24(13-15-6-7-19-20(12-15)28-14-27-19)21(26)16-8-10-25(11-9-16)22-23-17-4-2-3-5-18(17)29-22/h2-7,12,16H,8-11,13-14H2,1H3. The van der Waals surface area contributed by atoms with E-state index in [1.54, 1.807) is 4.90 Å². The minimum Gasteiger partial charge on any atom is -0.454 e. The summed E-state index contributed by atoms with van der Waals surface area (Å²) in [6.07, 6.45) is 1.59. The molecule has 0 unspecified atom stereocenters. The molecule has 5 rings (SSSR count). The summed E-state index contributed by atoms with van der Waals surface area (Å²) in [6, 6.07) is 14.2. The third-order valence-corrected chi connectivity index (χ3v) is 5.63. The molecular formula is C22H23N3O4. The van der Waals surface area contributed by atoms with Crippen LogP contribution in [0.5, 0.6) is 11.5 Å². The van der Waals surface area contributed by atoms with Crippen LogP contribution in [0, 0.1) is 5.92 Å². The maximum Gasteiger partial charge on any atom is 0.298 e. The lowest BCUT2D eigenvalue weighted by Gasteiger charge is -2.32. The molecule has 29 heavy (non-hydrogen) atoms. The predicted molar refractivity (Wildman–Crippen MR) is 108 cm³/mol. The Kier molecular flexibility index (Phi) is 4.50. The number of fused-ring (bicyclic) bond motifs is 2. The van der Waals surface area contributed by atoms with E-state index in [4.69, 9.17) is 13.9 Å². The minimum absolute atomic E-state index is 0.0228. The van der Waals surface area contributed by atoms with E-state index >= 15 is 0 Å². The molecule has 0 saturated carbocycles. The summed E-state index contributed by atoms with van der Waals surface area (Å²) < 4.78 is 16.6. The first-order valence-corrected chi connectivity index (χ1v) is 9.91. The van der Waals surface area contributed by atoms with Crippen LogP contribution in [0.4, 0.5) is 6.01 Å². The largest absolute Gasteiger partial charge is 0.454 e. The Morgan fingerprint density at radius 2 is 1.93 bits per heavy atom. The summed E-state index contributed by atoms with van der Waals surface area (Å²) in [7, 11) is 1.86. The Bertz CT molecular complexity index is 1010. The van der Waals surface area contributed by atoms with Gasteiger partial charge in [-0.15, -0.1) is 0 Å². The molecule has 2 aliphatic rings. The molecule has 2 aromatic carbocycles. The molecule has 7 nitrogen and oxygen atoms in total. The van der Waals surface area contributed by atoms with Crippen LogP contribution in [0.2, 0.25) is 0 Å². The lowest BCUT2D eigenvalue weighted by molar-refractivity contribution is -0.135. The van der Waals surface area contributed by atoms with Gasteiger partial charge >= 0.3 is 0 Å². The number of carbonyl (C=O) groups is 1. The molecule has 1 amide bonds. The summed E-state index contributed by atoms with van der Waals surface area (Å²) >= 11 is 0. The number of oxazole rings is 1. The summed E-state index contributed by atoms with van der Waals surface area (Å²) in [5.74, 6) is 1.71. The summed E-state index contributed by atoms with van der Waals surface area (Å²) in [4.78, 5) is 21.4. The van der Waals surface area contributed by atoms with Crippen LogP contribution in [0.1, 0.15) is 18.4 Å². The Morgan fingerprint density at radius 3 is 2.76 bits per heavy atom. The second kappa shape index (κ2) is 7.31. The second-order valence-electron chi connectivity index (χ2n) is 7.61. The fourth-order valence-corrected chi connectivity index (χ4v) is 4.02. The third-order valence-electron chi connectivity index (χ3n) is 5.63. The van der Waals surface area contributed by atoms with Gasteiger partial charge in [0.2, 0.25) is 12.7 Å². The molecule has 1 saturated heterocycles. The minimum atomic E-state index is 0.0228. The van der Waals surface area contributed by atoms with Gasteiger partial charge in [-0.25, -0.2) is 0 Å². The number of nitrogens with zero attached hydrogens (tertiary/aromatic N) is 3. The molecule has 7 heteroatoms. The van der Waals surface area contributed by atoms with Gasteiger partial charge in [0.1, 0.15) is 5.52 Å². The van der Waals surface area contributed by atoms with E-state index in [0.29, 0.717) is 12.6 Å². The van der Waals surface area contributed by atoms with Crippen LogP contribution in [0.25, 0.3) is 11.1 Å². The molecule has 0 N–H and O–H groups in total. The number of ether oxygens (including phenoxy) is 2. The number of aromatic nitrogens is 1. The van der Waals surface area contributed by atoms with E-state index in [1.165, 1.54) is 0 Å². The van der Waals surface area contributed by atoms with Crippen molar-refractivity contribution in [3.63, 3.8) is 0 Å². The maximum atomic E-state index is 12.9. The number of amides is 1. The van der Waals surface area contributed by atoms with Crippen LogP contribution in [-0.2, 0) is 11.3 Å². The highest BCUT2D eigenvalue weighted by molar-refractivity contribution is 5.79. The fourth-order valence-electron chi connectivity index (χ4n) is 4.02. The average molecular weight is 393 g/mol. The van der Waals surface area contributed by atoms with Gasteiger partial charge in [0.15, 0.2) is 17.1 Å². The van der Waals surface area contributed by atoms with E-state index in [9.17, 15) is 4.79 Å². The van der Waals surface area contributed by atoms with Gasteiger partial charge in [-0.3, -0.25) is 4.79 Å². The summed E-state index contributed by atoms with van der Waals surface area (Å²) in [6.45, 7) is 2.34. The number of rotatable bonds is 4. The van der Waals surface area contributed by atoms with E-state index in [2.05, 4.69) is 9.88 Å². The van der Waals surface area contributed by atoms with E-state index in [1.807, 2.05) is 49.5 Å². The van der Waals surface area contributed by atoms with Crippen molar-refractivity contribution in [3.8, 4) is 11.5 Å². The van der Waals surface area contributed by atoms with Crippen LogP contribution in [0.15, 0.2) is 46.9 Å². The molecule has 3 aromatic rings. The number of hydrogen-bond donors (Lipinski definition) is 0. The molecule has 1 fully saturated rings. The first-order valence-electron chi connectivity index (χ1n) is 9.91. The van der Waals surface area contributed by atoms with E-state index in [-0.39, 0.29) is 18.6 Å². The molecule has 0 spiro atoms. The molecule has 0 aliphatic carbocycles. The topological polar surface area (TPSA) is 68.0 Å². The number of hydrogen-bond acceptors (Lipinski definition) is 6. The van der Waals surface area contributed by atoms with Gasteiger partial charge in [-0.05, 0) is 42.7 Å². The van der Waals surface area contributed by atoms with Crippen molar-refractivity contribution in [2.24, 2.45) is 5.92 Å². The maximum absolute atomic E-state index is 12.9. The van der Waals surface area contributed by atoms with Crippen LogP contribution in [-0.4, -0.2) is 42.7 Å². The van der Waals surface area contributed by atoms with Crippen LogP contribution >= 0.6 is 0 Å². The number of benzene rings is 2. The molecule has 1 aromatic heterocycles. The predicted octanol–water partition coefficient (Wildman–Crippen LogP) is 3.43. The van der Waals surface area contributed by atoms with Crippen LogP contribution < -0.4 is 14.4 Å². The lowest BCUT2D eigenvalue weighted by Crippen LogP contribution is -2.41. The molecule has 0 atom stereocenters. The lowest BCUT2D eigenvalue weighted by atomic mass is 9.95.